The second kappa shape index (κ2) is 5.63. The summed E-state index contributed by atoms with van der Waals surface area (Å²) >= 11 is 0. The van der Waals surface area contributed by atoms with Crippen molar-refractivity contribution in [2.75, 3.05) is 13.1 Å². The van der Waals surface area contributed by atoms with Crippen LogP contribution in [0.4, 0.5) is 0 Å². The summed E-state index contributed by atoms with van der Waals surface area (Å²) in [6, 6.07) is 0.295. The maximum atomic E-state index is 12.5. The fraction of sp³-hybridized carbons (Fsp3) is 0.467. The van der Waals surface area contributed by atoms with E-state index in [2.05, 4.69) is 19.5 Å². The molecule has 1 aliphatic rings. The van der Waals surface area contributed by atoms with Crippen LogP contribution in [0.1, 0.15) is 40.9 Å². The van der Waals surface area contributed by atoms with Crippen molar-refractivity contribution in [1.82, 2.24) is 24.4 Å². The zero-order valence-electron chi connectivity index (χ0n) is 12.4. The van der Waals surface area contributed by atoms with Crippen LogP contribution in [0.2, 0.25) is 0 Å². The molecule has 1 amide bonds. The number of carbonyl (C=O) groups excluding carboxylic acids is 1. The number of amides is 1. The van der Waals surface area contributed by atoms with Gasteiger partial charge in [0, 0.05) is 31.7 Å². The van der Waals surface area contributed by atoms with Crippen LogP contribution in [0.5, 0.6) is 0 Å². The highest BCUT2D eigenvalue weighted by atomic mass is 16.2. The van der Waals surface area contributed by atoms with Crippen LogP contribution in [0.25, 0.3) is 0 Å². The molecule has 1 aliphatic heterocycles. The third-order valence-corrected chi connectivity index (χ3v) is 3.94. The summed E-state index contributed by atoms with van der Waals surface area (Å²) < 4.78 is 2.15. The first-order valence-electron chi connectivity index (χ1n) is 7.22. The van der Waals surface area contributed by atoms with Crippen LogP contribution >= 0.6 is 0 Å². The molecule has 0 radical (unpaired) electrons. The van der Waals surface area contributed by atoms with Gasteiger partial charge in [0.1, 0.15) is 11.5 Å². The van der Waals surface area contributed by atoms with Crippen molar-refractivity contribution in [3.8, 4) is 0 Å². The molecule has 0 N–H and O–H groups in total. The number of aryl methyl sites for hydroxylation is 2. The van der Waals surface area contributed by atoms with Crippen molar-refractivity contribution in [3.63, 3.8) is 0 Å². The summed E-state index contributed by atoms with van der Waals surface area (Å²) in [4.78, 5) is 27.0. The molecule has 1 atom stereocenters. The molecule has 21 heavy (non-hydrogen) atoms. The fourth-order valence-corrected chi connectivity index (χ4v) is 2.80. The largest absolute Gasteiger partial charge is 0.335 e. The van der Waals surface area contributed by atoms with Crippen LogP contribution in [0.15, 0.2) is 24.8 Å². The Morgan fingerprint density at radius 3 is 2.76 bits per heavy atom. The van der Waals surface area contributed by atoms with Gasteiger partial charge in [-0.05, 0) is 26.7 Å². The zero-order valence-corrected chi connectivity index (χ0v) is 12.4. The number of likely N-dealkylation sites (tertiary alicyclic amines) is 1. The van der Waals surface area contributed by atoms with Gasteiger partial charge in [-0.25, -0.2) is 9.97 Å². The molecule has 0 spiro atoms. The average molecular weight is 285 g/mol. The number of piperidine rings is 1. The van der Waals surface area contributed by atoms with Gasteiger partial charge in [-0.15, -0.1) is 0 Å². The van der Waals surface area contributed by atoms with E-state index in [9.17, 15) is 4.79 Å². The highest BCUT2D eigenvalue weighted by Gasteiger charge is 2.26. The van der Waals surface area contributed by atoms with E-state index < -0.39 is 0 Å². The topological polar surface area (TPSA) is 63.9 Å². The van der Waals surface area contributed by atoms with Gasteiger partial charge in [-0.1, -0.05) is 0 Å². The molecule has 0 unspecified atom stereocenters. The Kier molecular flexibility index (Phi) is 3.68. The fourth-order valence-electron chi connectivity index (χ4n) is 2.80. The molecule has 6 nitrogen and oxygen atoms in total. The Labute approximate surface area is 123 Å². The van der Waals surface area contributed by atoms with Crippen molar-refractivity contribution in [3.05, 3.63) is 42.0 Å². The van der Waals surface area contributed by atoms with E-state index in [0.29, 0.717) is 18.3 Å². The van der Waals surface area contributed by atoms with Crippen LogP contribution in [-0.4, -0.2) is 43.4 Å². The molecule has 0 bridgehead atoms. The molecule has 0 aliphatic carbocycles. The van der Waals surface area contributed by atoms with Gasteiger partial charge >= 0.3 is 0 Å². The molecule has 2 aromatic heterocycles. The Balaban J connectivity index is 1.75. The highest BCUT2D eigenvalue weighted by molar-refractivity contribution is 5.92. The first kappa shape index (κ1) is 13.7. The minimum atomic E-state index is -0.0371. The van der Waals surface area contributed by atoms with Crippen LogP contribution in [0.3, 0.4) is 0 Å². The Morgan fingerprint density at radius 2 is 2.10 bits per heavy atom. The molecule has 3 heterocycles. The first-order chi connectivity index (χ1) is 10.1. The minimum Gasteiger partial charge on any atom is -0.335 e. The molecule has 3 rings (SSSR count). The number of imidazole rings is 1. The van der Waals surface area contributed by atoms with E-state index in [0.717, 1.165) is 30.9 Å². The van der Waals surface area contributed by atoms with Gasteiger partial charge in [-0.3, -0.25) is 9.78 Å². The predicted octanol–water partition coefficient (Wildman–Crippen LogP) is 1.77. The Bertz CT molecular complexity index is 634. The molecule has 110 valence electrons. The SMILES string of the molecule is Cc1cnc(C(=O)N2CCC[C@H](n3ccnc3C)C2)cn1. The summed E-state index contributed by atoms with van der Waals surface area (Å²) in [7, 11) is 0. The summed E-state index contributed by atoms with van der Waals surface area (Å²) in [5, 5.41) is 0. The molecule has 6 heteroatoms. The lowest BCUT2D eigenvalue weighted by atomic mass is 10.0. The number of rotatable bonds is 2. The number of nitrogens with zero attached hydrogens (tertiary/aromatic N) is 5. The normalized spacial score (nSPS) is 18.8. The van der Waals surface area contributed by atoms with E-state index >= 15 is 0 Å². The molecule has 2 aromatic rings. The van der Waals surface area contributed by atoms with Crippen LogP contribution in [-0.2, 0) is 0 Å². The van der Waals surface area contributed by atoms with Crippen molar-refractivity contribution in [2.45, 2.75) is 32.7 Å². The Hall–Kier alpha value is -2.24. The lowest BCUT2D eigenvalue weighted by Gasteiger charge is -2.33. The van der Waals surface area contributed by atoms with E-state index in [-0.39, 0.29) is 5.91 Å². The van der Waals surface area contributed by atoms with Gasteiger partial charge in [0.15, 0.2) is 0 Å². The third kappa shape index (κ3) is 2.79. The van der Waals surface area contributed by atoms with E-state index in [1.54, 1.807) is 12.4 Å². The minimum absolute atomic E-state index is 0.0371. The maximum absolute atomic E-state index is 12.5. The van der Waals surface area contributed by atoms with Gasteiger partial charge in [0.05, 0.1) is 17.9 Å². The first-order valence-corrected chi connectivity index (χ1v) is 7.22. The molecule has 0 saturated carbocycles. The monoisotopic (exact) mass is 285 g/mol. The van der Waals surface area contributed by atoms with E-state index in [1.807, 2.05) is 31.1 Å². The smallest absolute Gasteiger partial charge is 0.274 e. The van der Waals surface area contributed by atoms with Crippen molar-refractivity contribution >= 4 is 5.91 Å². The summed E-state index contributed by atoms with van der Waals surface area (Å²) in [6.07, 6.45) is 9.05. The third-order valence-electron chi connectivity index (χ3n) is 3.94. The van der Waals surface area contributed by atoms with Gasteiger partial charge < -0.3 is 9.47 Å². The van der Waals surface area contributed by atoms with Gasteiger partial charge in [0.2, 0.25) is 0 Å². The summed E-state index contributed by atoms with van der Waals surface area (Å²) in [5.74, 6) is 0.953. The molecule has 1 fully saturated rings. The zero-order chi connectivity index (χ0) is 14.8. The molecular formula is C15H19N5O. The summed E-state index contributed by atoms with van der Waals surface area (Å²) in [6.45, 7) is 5.33. The standard InChI is InChI=1S/C15H19N5O/c1-11-8-18-14(9-17-11)15(21)19-6-3-4-13(10-19)20-7-5-16-12(20)2/h5,7-9,13H,3-4,6,10H2,1-2H3/t13-/m0/s1. The van der Waals surface area contributed by atoms with Gasteiger partial charge in [0.25, 0.3) is 5.91 Å². The van der Waals surface area contributed by atoms with Crippen LogP contribution < -0.4 is 0 Å². The maximum Gasteiger partial charge on any atom is 0.274 e. The average Bonchev–Trinajstić information content (AvgIpc) is 2.94. The summed E-state index contributed by atoms with van der Waals surface area (Å²) in [5.41, 5.74) is 1.24. The van der Waals surface area contributed by atoms with E-state index in [4.69, 9.17) is 0 Å². The van der Waals surface area contributed by atoms with Crippen molar-refractivity contribution < 1.29 is 4.79 Å². The number of carbonyl (C=O) groups is 1. The quantitative estimate of drug-likeness (QED) is 0.843. The number of hydrogen-bond donors (Lipinski definition) is 0. The van der Waals surface area contributed by atoms with Crippen LogP contribution in [0, 0.1) is 13.8 Å². The predicted molar refractivity (Wildman–Crippen MR) is 77.9 cm³/mol. The molecule has 0 aromatic carbocycles. The second-order valence-electron chi connectivity index (χ2n) is 5.47. The van der Waals surface area contributed by atoms with Gasteiger partial charge in [-0.2, -0.15) is 0 Å². The lowest BCUT2D eigenvalue weighted by Crippen LogP contribution is -2.41. The number of aromatic nitrogens is 4. The Morgan fingerprint density at radius 1 is 1.24 bits per heavy atom. The lowest BCUT2D eigenvalue weighted by molar-refractivity contribution is 0.0672. The molecule has 1 saturated heterocycles. The van der Waals surface area contributed by atoms with Crippen molar-refractivity contribution in [1.29, 1.82) is 0 Å². The highest BCUT2D eigenvalue weighted by Crippen LogP contribution is 2.23. The number of hydrogen-bond acceptors (Lipinski definition) is 4. The van der Waals surface area contributed by atoms with Crippen molar-refractivity contribution in [2.24, 2.45) is 0 Å². The van der Waals surface area contributed by atoms with E-state index in [1.165, 1.54) is 0 Å². The second-order valence-corrected chi connectivity index (χ2v) is 5.47. The molecular weight excluding hydrogens is 266 g/mol.